The van der Waals surface area contributed by atoms with Gasteiger partial charge in [0.25, 0.3) is 0 Å². The number of aromatic nitrogens is 2. The lowest BCUT2D eigenvalue weighted by Gasteiger charge is -2.10. The highest BCUT2D eigenvalue weighted by Crippen LogP contribution is 2.27. The quantitative estimate of drug-likeness (QED) is 0.427. The molecule has 0 radical (unpaired) electrons. The van der Waals surface area contributed by atoms with E-state index in [1.165, 1.54) is 15.3 Å². The Balaban J connectivity index is 1.66. The van der Waals surface area contributed by atoms with Gasteiger partial charge in [-0.15, -0.1) is 11.3 Å². The molecule has 9 heteroatoms. The Morgan fingerprint density at radius 2 is 2.03 bits per heavy atom. The lowest BCUT2D eigenvalue weighted by atomic mass is 10.2. The molecular weight excluding hydrogens is 444 g/mol. The van der Waals surface area contributed by atoms with E-state index in [9.17, 15) is 13.2 Å². The number of carboxylic acids is 1. The molecule has 30 heavy (non-hydrogen) atoms. The number of carboxylic acid groups (broad SMARTS) is 1. The van der Waals surface area contributed by atoms with Crippen molar-refractivity contribution in [3.63, 3.8) is 0 Å². The van der Waals surface area contributed by atoms with Crippen molar-refractivity contribution < 1.29 is 18.3 Å². The maximum atomic E-state index is 13.1. The molecule has 2 heterocycles. The van der Waals surface area contributed by atoms with Gasteiger partial charge >= 0.3 is 5.97 Å². The van der Waals surface area contributed by atoms with Crippen LogP contribution in [0.25, 0.3) is 27.2 Å². The summed E-state index contributed by atoms with van der Waals surface area (Å²) in [5, 5.41) is 10.2. The van der Waals surface area contributed by atoms with Gasteiger partial charge in [0.05, 0.1) is 33.4 Å². The van der Waals surface area contributed by atoms with Crippen LogP contribution in [0, 0.1) is 0 Å². The van der Waals surface area contributed by atoms with Gasteiger partial charge in [-0.2, -0.15) is 0 Å². The number of halogens is 1. The number of aryl methyl sites for hydroxylation is 1. The fourth-order valence-corrected chi connectivity index (χ4v) is 5.67. The van der Waals surface area contributed by atoms with Crippen molar-refractivity contribution in [3.05, 3.63) is 70.3 Å². The zero-order valence-electron chi connectivity index (χ0n) is 15.7. The zero-order valence-corrected chi connectivity index (χ0v) is 18.0. The number of rotatable bonds is 7. The first kappa shape index (κ1) is 20.6. The van der Waals surface area contributed by atoms with E-state index in [0.717, 1.165) is 15.8 Å². The molecule has 1 N–H and O–H groups in total. The van der Waals surface area contributed by atoms with Gasteiger partial charge in [0.1, 0.15) is 0 Å². The Kier molecular flexibility index (Phi) is 5.64. The molecule has 0 aliphatic heterocycles. The second-order valence-electron chi connectivity index (χ2n) is 6.76. The fourth-order valence-electron chi connectivity index (χ4n) is 3.31. The molecule has 0 bridgehead atoms. The summed E-state index contributed by atoms with van der Waals surface area (Å²) in [5.41, 5.74) is 4.47. The van der Waals surface area contributed by atoms with E-state index in [-0.39, 0.29) is 18.6 Å². The number of benzene rings is 2. The Morgan fingerprint density at radius 3 is 2.83 bits per heavy atom. The molecule has 4 rings (SSSR count). The smallest absolute Gasteiger partial charge is 0.303 e. The van der Waals surface area contributed by atoms with E-state index in [4.69, 9.17) is 16.7 Å². The van der Waals surface area contributed by atoms with Crippen LogP contribution in [0.4, 0.5) is 0 Å². The summed E-state index contributed by atoms with van der Waals surface area (Å²) >= 11 is 7.56. The molecule has 4 aromatic rings. The molecule has 0 amide bonds. The highest BCUT2D eigenvalue weighted by molar-refractivity contribution is 7.90. The van der Waals surface area contributed by atoms with E-state index in [2.05, 4.69) is 4.98 Å². The second-order valence-corrected chi connectivity index (χ2v) is 9.94. The molecule has 0 saturated heterocycles. The predicted octanol–water partition coefficient (Wildman–Crippen LogP) is 4.81. The molecule has 0 unspecified atom stereocenters. The van der Waals surface area contributed by atoms with Gasteiger partial charge in [-0.05, 0) is 48.4 Å². The second kappa shape index (κ2) is 8.22. The maximum absolute atomic E-state index is 13.1. The molecular formula is C21H17ClN2O4S2. The summed E-state index contributed by atoms with van der Waals surface area (Å²) in [6.07, 6.45) is 3.30. The highest BCUT2D eigenvalue weighted by Gasteiger charge is 2.20. The standard InChI is InChI=1S/C21H17ClN2O4S2/c22-16-4-7-19-15(11-16)12-17(5-8-21(25)26)24(19)30(27,28)9-1-2-14-3-6-18-20(10-14)29-13-23-18/h1-4,6-7,10-13H,5,8-9H2,(H,25,26). The van der Waals surface area contributed by atoms with Crippen molar-refractivity contribution >= 4 is 66.1 Å². The van der Waals surface area contributed by atoms with Crippen LogP contribution in [0.15, 0.2) is 54.1 Å². The van der Waals surface area contributed by atoms with Crippen molar-refractivity contribution in [2.45, 2.75) is 12.8 Å². The minimum atomic E-state index is -3.75. The number of hydrogen-bond acceptors (Lipinski definition) is 5. The summed E-state index contributed by atoms with van der Waals surface area (Å²) in [6.45, 7) is 0. The molecule has 154 valence electrons. The molecule has 0 saturated carbocycles. The average molecular weight is 461 g/mol. The molecule has 0 atom stereocenters. The van der Waals surface area contributed by atoms with Crippen molar-refractivity contribution in [2.24, 2.45) is 0 Å². The van der Waals surface area contributed by atoms with Gasteiger partial charge in [0, 0.05) is 16.1 Å². The lowest BCUT2D eigenvalue weighted by Crippen LogP contribution is -2.18. The summed E-state index contributed by atoms with van der Waals surface area (Å²) in [7, 11) is -3.75. The Morgan fingerprint density at radius 1 is 1.20 bits per heavy atom. The summed E-state index contributed by atoms with van der Waals surface area (Å²) < 4.78 is 28.6. The molecule has 2 aromatic carbocycles. The SMILES string of the molecule is O=C(O)CCc1cc2cc(Cl)ccc2n1S(=O)(=O)CC=Cc1ccc2ncsc2c1. The van der Waals surface area contributed by atoms with Crippen LogP contribution >= 0.6 is 22.9 Å². The minimum Gasteiger partial charge on any atom is -0.481 e. The van der Waals surface area contributed by atoms with Gasteiger partial charge in [-0.25, -0.2) is 17.4 Å². The van der Waals surface area contributed by atoms with E-state index in [1.54, 1.807) is 41.9 Å². The largest absolute Gasteiger partial charge is 0.481 e. The topological polar surface area (TPSA) is 89.3 Å². The van der Waals surface area contributed by atoms with Crippen molar-refractivity contribution in [2.75, 3.05) is 5.75 Å². The number of carbonyl (C=O) groups is 1. The average Bonchev–Trinajstić information content (AvgIpc) is 3.29. The van der Waals surface area contributed by atoms with Crippen LogP contribution in [0.2, 0.25) is 5.02 Å². The predicted molar refractivity (Wildman–Crippen MR) is 121 cm³/mol. The van der Waals surface area contributed by atoms with E-state index < -0.39 is 16.0 Å². The van der Waals surface area contributed by atoms with Gasteiger partial charge < -0.3 is 5.11 Å². The lowest BCUT2D eigenvalue weighted by molar-refractivity contribution is -0.136. The van der Waals surface area contributed by atoms with E-state index in [0.29, 0.717) is 21.6 Å². The van der Waals surface area contributed by atoms with Crippen LogP contribution in [-0.2, 0) is 21.2 Å². The number of hydrogen-bond donors (Lipinski definition) is 1. The van der Waals surface area contributed by atoms with Crippen molar-refractivity contribution in [1.82, 2.24) is 8.96 Å². The Hall–Kier alpha value is -2.68. The Bertz CT molecular complexity index is 1390. The first-order chi connectivity index (χ1) is 14.3. The van der Waals surface area contributed by atoms with E-state index in [1.807, 2.05) is 18.2 Å². The molecule has 6 nitrogen and oxygen atoms in total. The minimum absolute atomic E-state index is 0.104. The number of thiazole rings is 1. The fraction of sp³-hybridized carbons (Fsp3) is 0.143. The van der Waals surface area contributed by atoms with Crippen LogP contribution in [0.1, 0.15) is 17.7 Å². The molecule has 0 aliphatic rings. The summed E-state index contributed by atoms with van der Waals surface area (Å²) in [6, 6.07) is 12.4. The van der Waals surface area contributed by atoms with Gasteiger partial charge in [-0.1, -0.05) is 29.8 Å². The van der Waals surface area contributed by atoms with Crippen LogP contribution in [0.5, 0.6) is 0 Å². The summed E-state index contributed by atoms with van der Waals surface area (Å²) in [5.74, 6) is -1.21. The van der Waals surface area contributed by atoms with Gasteiger partial charge in [0.2, 0.25) is 10.0 Å². The number of nitrogens with zero attached hydrogens (tertiary/aromatic N) is 2. The van der Waals surface area contributed by atoms with Gasteiger partial charge in [-0.3, -0.25) is 4.79 Å². The molecule has 0 spiro atoms. The van der Waals surface area contributed by atoms with Crippen molar-refractivity contribution in [3.8, 4) is 0 Å². The normalized spacial score (nSPS) is 12.3. The molecule has 0 aliphatic carbocycles. The zero-order chi connectivity index (χ0) is 21.3. The van der Waals surface area contributed by atoms with Crippen LogP contribution in [-0.4, -0.2) is 34.2 Å². The number of aliphatic carboxylic acids is 1. The van der Waals surface area contributed by atoms with E-state index >= 15 is 0 Å². The third-order valence-corrected chi connectivity index (χ3v) is 7.27. The van der Waals surface area contributed by atoms with Crippen LogP contribution in [0.3, 0.4) is 0 Å². The Labute approximate surface area is 182 Å². The first-order valence-corrected chi connectivity index (χ1v) is 11.9. The third kappa shape index (κ3) is 4.26. The molecule has 2 aromatic heterocycles. The highest BCUT2D eigenvalue weighted by atomic mass is 35.5. The summed E-state index contributed by atoms with van der Waals surface area (Å²) in [4.78, 5) is 15.2. The van der Waals surface area contributed by atoms with Crippen molar-refractivity contribution in [1.29, 1.82) is 0 Å². The van der Waals surface area contributed by atoms with Crippen LogP contribution < -0.4 is 0 Å². The monoisotopic (exact) mass is 460 g/mol. The maximum Gasteiger partial charge on any atom is 0.303 e. The molecule has 0 fully saturated rings. The number of fused-ring (bicyclic) bond motifs is 2. The first-order valence-electron chi connectivity index (χ1n) is 9.08. The third-order valence-electron chi connectivity index (χ3n) is 4.64. The van der Waals surface area contributed by atoms with Gasteiger partial charge in [0.15, 0.2) is 0 Å².